The zero-order valence-electron chi connectivity index (χ0n) is 23.4. The molecule has 0 bridgehead atoms. The lowest BCUT2D eigenvalue weighted by atomic mass is 9.98. The van der Waals surface area contributed by atoms with Crippen LogP contribution in [0.25, 0.3) is 28.1 Å². The van der Waals surface area contributed by atoms with Crippen molar-refractivity contribution in [3.05, 3.63) is 81.5 Å². The fourth-order valence-corrected chi connectivity index (χ4v) is 5.61. The number of pyridine rings is 2. The summed E-state index contributed by atoms with van der Waals surface area (Å²) in [5.41, 5.74) is 7.97. The number of aryl methyl sites for hydroxylation is 1. The minimum Gasteiger partial charge on any atom is -0.384 e. The van der Waals surface area contributed by atoms with Crippen molar-refractivity contribution >= 4 is 40.2 Å². The number of halogens is 2. The lowest BCUT2D eigenvalue weighted by molar-refractivity contribution is -0.126. The van der Waals surface area contributed by atoms with E-state index in [1.165, 1.54) is 22.8 Å². The third kappa shape index (κ3) is 5.04. The maximum Gasteiger partial charge on any atom is 0.355 e. The number of carbonyl (C=O) groups is 1. The van der Waals surface area contributed by atoms with Crippen molar-refractivity contribution in [3.63, 3.8) is 0 Å². The number of fused-ring (bicyclic) bond motifs is 1. The van der Waals surface area contributed by atoms with Crippen LogP contribution in [0.15, 0.2) is 53.8 Å². The highest BCUT2D eigenvalue weighted by Crippen LogP contribution is 2.36. The summed E-state index contributed by atoms with van der Waals surface area (Å²) in [4.78, 5) is 43.4. The van der Waals surface area contributed by atoms with Gasteiger partial charge in [0.25, 0.3) is 0 Å². The molecule has 1 aliphatic heterocycles. The summed E-state index contributed by atoms with van der Waals surface area (Å²) in [7, 11) is 0. The Morgan fingerprint density at radius 1 is 1.17 bits per heavy atom. The molecule has 9 nitrogen and oxygen atoms in total. The van der Waals surface area contributed by atoms with Gasteiger partial charge in [-0.15, -0.1) is 0 Å². The van der Waals surface area contributed by atoms with E-state index in [2.05, 4.69) is 16.5 Å². The van der Waals surface area contributed by atoms with E-state index in [1.54, 1.807) is 11.0 Å². The molecular weight excluding hydrogens is 545 g/mol. The number of nitrogens with two attached hydrogens (primary N) is 1. The number of benzene rings is 1. The number of hydrogen-bond donors (Lipinski definition) is 1. The van der Waals surface area contributed by atoms with E-state index >= 15 is 0 Å². The second-order valence-electron chi connectivity index (χ2n) is 10.5. The van der Waals surface area contributed by atoms with Gasteiger partial charge in [-0.3, -0.25) is 4.79 Å². The van der Waals surface area contributed by atoms with Crippen LogP contribution in [0.5, 0.6) is 0 Å². The first kappa shape index (κ1) is 28.2. The quantitative estimate of drug-likeness (QED) is 0.338. The first-order valence-electron chi connectivity index (χ1n) is 13.3. The second-order valence-corrected chi connectivity index (χ2v) is 10.9. The number of piperazine rings is 1. The van der Waals surface area contributed by atoms with Gasteiger partial charge in [-0.1, -0.05) is 50.2 Å². The number of hydrogen-bond acceptors (Lipinski definition) is 7. The molecule has 1 atom stereocenters. The van der Waals surface area contributed by atoms with Crippen LogP contribution in [0.2, 0.25) is 5.02 Å². The van der Waals surface area contributed by atoms with Gasteiger partial charge in [0.05, 0.1) is 16.1 Å². The fraction of sp³-hybridized carbons (Fsp3) is 0.300. The second kappa shape index (κ2) is 10.9. The van der Waals surface area contributed by atoms with Crippen LogP contribution in [0.1, 0.15) is 37.8 Å². The van der Waals surface area contributed by atoms with E-state index in [0.29, 0.717) is 36.5 Å². The Morgan fingerprint density at radius 3 is 2.61 bits per heavy atom. The van der Waals surface area contributed by atoms with E-state index in [1.807, 2.05) is 50.8 Å². The number of amides is 1. The Hall–Kier alpha value is -4.31. The van der Waals surface area contributed by atoms with Crippen molar-refractivity contribution in [2.45, 2.75) is 39.7 Å². The maximum atomic E-state index is 15.0. The molecule has 5 rings (SSSR count). The van der Waals surface area contributed by atoms with Crippen LogP contribution in [0, 0.1) is 12.7 Å². The molecule has 1 aromatic carbocycles. The summed E-state index contributed by atoms with van der Waals surface area (Å²) in [5.74, 6) is -0.222. The highest BCUT2D eigenvalue weighted by atomic mass is 35.5. The Morgan fingerprint density at radius 2 is 1.93 bits per heavy atom. The van der Waals surface area contributed by atoms with Gasteiger partial charge in [0.1, 0.15) is 23.0 Å². The van der Waals surface area contributed by atoms with Gasteiger partial charge < -0.3 is 15.5 Å². The zero-order valence-corrected chi connectivity index (χ0v) is 24.1. The van der Waals surface area contributed by atoms with Crippen LogP contribution in [-0.4, -0.2) is 56.0 Å². The molecule has 0 aliphatic carbocycles. The molecule has 2 N–H and O–H groups in total. The molecule has 4 aromatic rings. The van der Waals surface area contributed by atoms with Gasteiger partial charge in [-0.25, -0.2) is 23.7 Å². The normalized spacial score (nSPS) is 15.5. The molecule has 1 fully saturated rings. The monoisotopic (exact) mass is 575 g/mol. The molecule has 0 saturated carbocycles. The minimum absolute atomic E-state index is 0.0587. The molecule has 1 saturated heterocycles. The summed E-state index contributed by atoms with van der Waals surface area (Å²) in [6, 6.07) is 9.85. The first-order valence-corrected chi connectivity index (χ1v) is 13.7. The molecular formula is C30H31ClFN7O2. The summed E-state index contributed by atoms with van der Waals surface area (Å²) < 4.78 is 16.4. The number of anilines is 2. The third-order valence-electron chi connectivity index (χ3n) is 7.39. The van der Waals surface area contributed by atoms with E-state index in [9.17, 15) is 14.0 Å². The Labute approximate surface area is 242 Å². The van der Waals surface area contributed by atoms with E-state index < -0.39 is 11.5 Å². The molecule has 4 heterocycles. The van der Waals surface area contributed by atoms with Crippen LogP contribution >= 0.6 is 11.6 Å². The SMILES string of the molecule is C=CC(=O)N1CCN(c2nc(=O)n(-c3c(C)cccc3C(C)C)c3nc(-c4nc(N)ccc4F)c(Cl)cc23)[C@@H](C)C1. The van der Waals surface area contributed by atoms with Gasteiger partial charge in [-0.05, 0) is 55.2 Å². The van der Waals surface area contributed by atoms with Gasteiger partial charge >= 0.3 is 5.69 Å². The lowest BCUT2D eigenvalue weighted by Gasteiger charge is -2.40. The molecule has 0 unspecified atom stereocenters. The highest BCUT2D eigenvalue weighted by Gasteiger charge is 2.30. The molecule has 212 valence electrons. The largest absolute Gasteiger partial charge is 0.384 e. The highest BCUT2D eigenvalue weighted by molar-refractivity contribution is 6.33. The van der Waals surface area contributed by atoms with Gasteiger partial charge in [0, 0.05) is 25.7 Å². The van der Waals surface area contributed by atoms with Crippen molar-refractivity contribution in [2.75, 3.05) is 30.3 Å². The van der Waals surface area contributed by atoms with Crippen LogP contribution in [0.3, 0.4) is 0 Å². The molecule has 0 spiro atoms. The van der Waals surface area contributed by atoms with Crippen LogP contribution in [0.4, 0.5) is 16.0 Å². The predicted molar refractivity (Wildman–Crippen MR) is 160 cm³/mol. The van der Waals surface area contributed by atoms with Crippen molar-refractivity contribution in [1.82, 2.24) is 24.4 Å². The Bertz CT molecular complexity index is 1750. The average molecular weight is 576 g/mol. The Kier molecular flexibility index (Phi) is 7.52. The van der Waals surface area contributed by atoms with Gasteiger partial charge in [-0.2, -0.15) is 4.98 Å². The summed E-state index contributed by atoms with van der Waals surface area (Å²) >= 11 is 6.74. The van der Waals surface area contributed by atoms with Gasteiger partial charge in [0.2, 0.25) is 5.91 Å². The smallest absolute Gasteiger partial charge is 0.355 e. The van der Waals surface area contributed by atoms with E-state index in [4.69, 9.17) is 22.3 Å². The number of nitrogens with zero attached hydrogens (tertiary/aromatic N) is 6. The van der Waals surface area contributed by atoms with Crippen LogP contribution in [-0.2, 0) is 4.79 Å². The molecule has 1 amide bonds. The van der Waals surface area contributed by atoms with Crippen molar-refractivity contribution < 1.29 is 9.18 Å². The third-order valence-corrected chi connectivity index (χ3v) is 7.68. The Balaban J connectivity index is 1.82. The van der Waals surface area contributed by atoms with E-state index in [-0.39, 0.29) is 45.7 Å². The van der Waals surface area contributed by atoms with Crippen molar-refractivity contribution in [1.29, 1.82) is 0 Å². The number of carbonyl (C=O) groups excluding carboxylic acids is 1. The first-order chi connectivity index (χ1) is 19.5. The number of nitrogen functional groups attached to an aromatic ring is 1. The topological polar surface area (TPSA) is 110 Å². The zero-order chi connectivity index (χ0) is 29.6. The molecule has 1 aliphatic rings. The summed E-state index contributed by atoms with van der Waals surface area (Å²) in [6.07, 6.45) is 1.29. The maximum absolute atomic E-state index is 15.0. The standard InChI is InChI=1S/C30H31ClFN7O2/c1-6-24(40)37-12-13-38(18(5)15-37)28-20-14-21(31)25(26-22(32)10-11-23(33)34-26)35-29(20)39(30(41)36-28)27-17(4)8-7-9-19(27)16(2)3/h6-11,14,16,18H,1,12-13,15H2,2-5H3,(H2,33,34)/t18-/m0/s1. The molecule has 0 radical (unpaired) electrons. The van der Waals surface area contributed by atoms with Crippen LogP contribution < -0.4 is 16.3 Å². The lowest BCUT2D eigenvalue weighted by Crippen LogP contribution is -2.54. The predicted octanol–water partition coefficient (Wildman–Crippen LogP) is 4.87. The van der Waals surface area contributed by atoms with Gasteiger partial charge in [0.15, 0.2) is 11.5 Å². The minimum atomic E-state index is -0.647. The molecule has 41 heavy (non-hydrogen) atoms. The fourth-order valence-electron chi connectivity index (χ4n) is 5.37. The van der Waals surface area contributed by atoms with Crippen molar-refractivity contribution in [2.24, 2.45) is 0 Å². The summed E-state index contributed by atoms with van der Waals surface area (Å²) in [6.45, 7) is 12.8. The molecule has 11 heteroatoms. The summed E-state index contributed by atoms with van der Waals surface area (Å²) in [5, 5.41) is 0.640. The number of aromatic nitrogens is 4. The van der Waals surface area contributed by atoms with E-state index in [0.717, 1.165) is 11.1 Å². The van der Waals surface area contributed by atoms with Crippen molar-refractivity contribution in [3.8, 4) is 17.1 Å². The number of para-hydroxylation sites is 1. The molecule has 3 aromatic heterocycles. The average Bonchev–Trinajstić information content (AvgIpc) is 2.94. The number of rotatable bonds is 5.